The fraction of sp³-hybridized carbons (Fsp3) is 0.333. The highest BCUT2D eigenvalue weighted by molar-refractivity contribution is 5.41. The number of nitrogens with two attached hydrogens (primary N) is 1. The van der Waals surface area contributed by atoms with E-state index in [1.165, 1.54) is 22.3 Å². The molecule has 3 aromatic carbocycles. The van der Waals surface area contributed by atoms with Crippen LogP contribution in [0.1, 0.15) is 28.7 Å². The quantitative estimate of drug-likeness (QED) is 0.669. The van der Waals surface area contributed by atoms with Crippen LogP contribution in [0.25, 0.3) is 0 Å². The van der Waals surface area contributed by atoms with Crippen molar-refractivity contribution < 1.29 is 4.74 Å². The third-order valence-corrected chi connectivity index (χ3v) is 6.89. The zero-order valence-electron chi connectivity index (χ0n) is 17.5. The third-order valence-electron chi connectivity index (χ3n) is 6.89. The predicted molar refractivity (Wildman–Crippen MR) is 122 cm³/mol. The molecule has 154 valence electrons. The van der Waals surface area contributed by atoms with Crippen molar-refractivity contribution in [2.45, 2.75) is 24.8 Å². The highest BCUT2D eigenvalue weighted by atomic mass is 16.5. The van der Waals surface area contributed by atoms with Gasteiger partial charge in [0.1, 0.15) is 5.75 Å². The van der Waals surface area contributed by atoms with Gasteiger partial charge in [-0.15, -0.1) is 0 Å². The summed E-state index contributed by atoms with van der Waals surface area (Å²) in [5, 5.41) is 0. The van der Waals surface area contributed by atoms with Crippen LogP contribution in [0, 0.1) is 5.92 Å². The molecule has 2 heterocycles. The Hall–Kier alpha value is -2.62. The van der Waals surface area contributed by atoms with Crippen molar-refractivity contribution in [3.63, 3.8) is 0 Å². The molecule has 3 nitrogen and oxygen atoms in total. The molecule has 1 saturated heterocycles. The lowest BCUT2D eigenvalue weighted by molar-refractivity contribution is 0.286. The normalized spacial score (nSPS) is 18.9. The van der Waals surface area contributed by atoms with Crippen molar-refractivity contribution >= 4 is 0 Å². The fourth-order valence-corrected chi connectivity index (χ4v) is 5.16. The molecule has 3 heteroatoms. The van der Waals surface area contributed by atoms with Crippen LogP contribution in [0.3, 0.4) is 0 Å². The van der Waals surface area contributed by atoms with Crippen LogP contribution in [0.2, 0.25) is 0 Å². The van der Waals surface area contributed by atoms with Gasteiger partial charge in [-0.05, 0) is 53.6 Å². The Morgan fingerprint density at radius 3 is 2.33 bits per heavy atom. The number of fused-ring (bicyclic) bond motifs is 1. The van der Waals surface area contributed by atoms with Crippen molar-refractivity contribution in [2.24, 2.45) is 11.7 Å². The molecule has 2 aliphatic rings. The summed E-state index contributed by atoms with van der Waals surface area (Å²) < 4.78 is 5.64. The average molecular weight is 399 g/mol. The summed E-state index contributed by atoms with van der Waals surface area (Å²) in [6.45, 7) is 4.05. The highest BCUT2D eigenvalue weighted by Crippen LogP contribution is 2.39. The Balaban J connectivity index is 1.31. The molecule has 0 radical (unpaired) electrons. The van der Waals surface area contributed by atoms with Crippen molar-refractivity contribution in [2.75, 3.05) is 26.2 Å². The molecule has 2 N–H and O–H groups in total. The minimum atomic E-state index is -0.456. The molecule has 1 fully saturated rings. The lowest BCUT2D eigenvalue weighted by Gasteiger charge is -2.37. The van der Waals surface area contributed by atoms with Crippen LogP contribution in [-0.4, -0.2) is 31.1 Å². The average Bonchev–Trinajstić information content (AvgIpc) is 3.48. The number of hydrogen-bond donors (Lipinski definition) is 1. The van der Waals surface area contributed by atoms with E-state index in [-0.39, 0.29) is 0 Å². The van der Waals surface area contributed by atoms with E-state index in [1.807, 2.05) is 0 Å². The molecule has 0 aliphatic carbocycles. The molecule has 5 rings (SSSR count). The van der Waals surface area contributed by atoms with Gasteiger partial charge in [-0.1, -0.05) is 72.8 Å². The minimum Gasteiger partial charge on any atom is -0.493 e. The predicted octanol–water partition coefficient (Wildman–Crippen LogP) is 4.39. The lowest BCUT2D eigenvalue weighted by atomic mass is 9.73. The molecule has 0 amide bonds. The monoisotopic (exact) mass is 398 g/mol. The molecule has 0 aromatic heterocycles. The molecule has 1 atom stereocenters. The molecule has 30 heavy (non-hydrogen) atoms. The van der Waals surface area contributed by atoms with Gasteiger partial charge in [-0.2, -0.15) is 0 Å². The SMILES string of the molecule is NC(c1ccccc1)(c1ccccc1)C1CCN(CCc2ccc3c(c2)CCO3)C1. The lowest BCUT2D eigenvalue weighted by Crippen LogP contribution is -2.46. The zero-order valence-corrected chi connectivity index (χ0v) is 17.5. The van der Waals surface area contributed by atoms with E-state index >= 15 is 0 Å². The smallest absolute Gasteiger partial charge is 0.122 e. The van der Waals surface area contributed by atoms with E-state index in [0.717, 1.165) is 51.3 Å². The van der Waals surface area contributed by atoms with Gasteiger partial charge in [-0.3, -0.25) is 0 Å². The van der Waals surface area contributed by atoms with Crippen LogP contribution in [0.5, 0.6) is 5.75 Å². The molecule has 2 aliphatic heterocycles. The zero-order chi connectivity index (χ0) is 20.4. The summed E-state index contributed by atoms with van der Waals surface area (Å²) in [5.74, 6) is 1.47. The van der Waals surface area contributed by atoms with Crippen LogP contribution in [0.15, 0.2) is 78.9 Å². The molecule has 0 saturated carbocycles. The summed E-state index contributed by atoms with van der Waals surface area (Å²) in [4.78, 5) is 2.59. The van der Waals surface area contributed by atoms with E-state index in [1.54, 1.807) is 0 Å². The van der Waals surface area contributed by atoms with Gasteiger partial charge in [-0.25, -0.2) is 0 Å². The van der Waals surface area contributed by atoms with E-state index in [2.05, 4.69) is 83.8 Å². The highest BCUT2D eigenvalue weighted by Gasteiger charge is 2.41. The topological polar surface area (TPSA) is 38.5 Å². The number of nitrogens with zero attached hydrogens (tertiary/aromatic N) is 1. The second-order valence-corrected chi connectivity index (χ2v) is 8.68. The maximum atomic E-state index is 7.24. The minimum absolute atomic E-state index is 0.399. The Labute approximate surface area is 179 Å². The summed E-state index contributed by atoms with van der Waals surface area (Å²) >= 11 is 0. The van der Waals surface area contributed by atoms with E-state index in [0.29, 0.717) is 5.92 Å². The molecule has 0 bridgehead atoms. The first-order valence-electron chi connectivity index (χ1n) is 11.1. The first-order chi connectivity index (χ1) is 14.7. The van der Waals surface area contributed by atoms with E-state index < -0.39 is 5.54 Å². The first kappa shape index (κ1) is 19.3. The van der Waals surface area contributed by atoms with E-state index in [4.69, 9.17) is 10.5 Å². The third kappa shape index (κ3) is 3.64. The van der Waals surface area contributed by atoms with Crippen LogP contribution >= 0.6 is 0 Å². The second kappa shape index (κ2) is 8.25. The molecular weight excluding hydrogens is 368 g/mol. The standard InChI is InChI=1S/C27H30N2O/c28-27(23-7-3-1-4-8-23,24-9-5-2-6-10-24)25-14-17-29(20-25)16-13-21-11-12-26-22(19-21)15-18-30-26/h1-12,19,25H,13-18,20,28H2. The van der Waals surface area contributed by atoms with Crippen molar-refractivity contribution in [3.8, 4) is 5.75 Å². The van der Waals surface area contributed by atoms with Gasteiger partial charge < -0.3 is 15.4 Å². The Kier molecular flexibility index (Phi) is 5.32. The van der Waals surface area contributed by atoms with Crippen molar-refractivity contribution in [3.05, 3.63) is 101 Å². The second-order valence-electron chi connectivity index (χ2n) is 8.68. The van der Waals surface area contributed by atoms with Gasteiger partial charge in [0.25, 0.3) is 0 Å². The van der Waals surface area contributed by atoms with Gasteiger partial charge in [0, 0.05) is 19.5 Å². The largest absolute Gasteiger partial charge is 0.493 e. The fourth-order valence-electron chi connectivity index (χ4n) is 5.16. The van der Waals surface area contributed by atoms with E-state index in [9.17, 15) is 0 Å². The summed E-state index contributed by atoms with van der Waals surface area (Å²) in [6.07, 6.45) is 3.24. The van der Waals surface area contributed by atoms with Gasteiger partial charge in [0.15, 0.2) is 0 Å². The summed E-state index contributed by atoms with van der Waals surface area (Å²) in [5.41, 5.74) is 12.0. The number of ether oxygens (including phenoxy) is 1. The molecule has 1 unspecified atom stereocenters. The Bertz CT molecular complexity index is 947. The van der Waals surface area contributed by atoms with Crippen LogP contribution in [-0.2, 0) is 18.4 Å². The van der Waals surface area contributed by atoms with Crippen molar-refractivity contribution in [1.82, 2.24) is 4.90 Å². The maximum absolute atomic E-state index is 7.24. The van der Waals surface area contributed by atoms with Crippen molar-refractivity contribution in [1.29, 1.82) is 0 Å². The number of rotatable bonds is 6. The summed E-state index contributed by atoms with van der Waals surface area (Å²) in [7, 11) is 0. The van der Waals surface area contributed by atoms with Crippen LogP contribution in [0.4, 0.5) is 0 Å². The molecule has 0 spiro atoms. The molecule has 3 aromatic rings. The summed E-state index contributed by atoms with van der Waals surface area (Å²) in [6, 6.07) is 28.0. The first-order valence-corrected chi connectivity index (χ1v) is 11.1. The maximum Gasteiger partial charge on any atom is 0.122 e. The number of hydrogen-bond acceptors (Lipinski definition) is 3. The molecular formula is C27H30N2O. The van der Waals surface area contributed by atoms with Gasteiger partial charge in [0.2, 0.25) is 0 Å². The number of benzene rings is 3. The van der Waals surface area contributed by atoms with Crippen LogP contribution < -0.4 is 10.5 Å². The van der Waals surface area contributed by atoms with Gasteiger partial charge >= 0.3 is 0 Å². The van der Waals surface area contributed by atoms with Gasteiger partial charge in [0.05, 0.1) is 12.1 Å². The number of likely N-dealkylation sites (tertiary alicyclic amines) is 1. The Morgan fingerprint density at radius 2 is 1.63 bits per heavy atom. The Morgan fingerprint density at radius 1 is 0.933 bits per heavy atom.